The minimum atomic E-state index is -0.854. The molecule has 2 rings (SSSR count). The van der Waals surface area contributed by atoms with Gasteiger partial charge in [-0.1, -0.05) is 47.5 Å². The molecule has 0 unspecified atom stereocenters. The topological polar surface area (TPSA) is 70.6 Å². The Kier molecular flexibility index (Phi) is 5.49. The van der Waals surface area contributed by atoms with Gasteiger partial charge in [-0.3, -0.25) is 9.59 Å². The Bertz CT molecular complexity index is 755. The zero-order chi connectivity index (χ0) is 16.8. The van der Waals surface area contributed by atoms with E-state index in [0.29, 0.717) is 10.7 Å². The number of carbonyl (C=O) groups is 2. The molecule has 0 saturated heterocycles. The van der Waals surface area contributed by atoms with Gasteiger partial charge in [-0.25, -0.2) is 5.43 Å². The van der Waals surface area contributed by atoms with Gasteiger partial charge >= 0.3 is 11.8 Å². The van der Waals surface area contributed by atoms with Crippen LogP contribution in [0.3, 0.4) is 0 Å². The maximum Gasteiger partial charge on any atom is 0.329 e. The second kappa shape index (κ2) is 7.56. The van der Waals surface area contributed by atoms with Gasteiger partial charge in [-0.15, -0.1) is 0 Å². The number of nitrogens with one attached hydrogen (secondary N) is 2. The second-order valence-corrected chi connectivity index (χ2v) is 5.46. The zero-order valence-corrected chi connectivity index (χ0v) is 13.5. The van der Waals surface area contributed by atoms with Crippen molar-refractivity contribution < 1.29 is 9.59 Å². The van der Waals surface area contributed by atoms with Crippen LogP contribution in [0, 0.1) is 13.8 Å². The van der Waals surface area contributed by atoms with E-state index >= 15 is 0 Å². The molecule has 0 aromatic heterocycles. The molecule has 6 heteroatoms. The molecule has 2 N–H and O–H groups in total. The van der Waals surface area contributed by atoms with E-state index in [0.717, 1.165) is 16.7 Å². The lowest BCUT2D eigenvalue weighted by molar-refractivity contribution is -0.136. The van der Waals surface area contributed by atoms with E-state index in [1.54, 1.807) is 25.1 Å². The van der Waals surface area contributed by atoms with Crippen molar-refractivity contribution >= 4 is 35.3 Å². The summed E-state index contributed by atoms with van der Waals surface area (Å²) in [6.45, 7) is 3.78. The fourth-order valence-corrected chi connectivity index (χ4v) is 1.95. The molecule has 0 bridgehead atoms. The first kappa shape index (κ1) is 16.7. The summed E-state index contributed by atoms with van der Waals surface area (Å²) in [5, 5.41) is 6.74. The Morgan fingerprint density at radius 3 is 2.43 bits per heavy atom. The van der Waals surface area contributed by atoms with E-state index in [4.69, 9.17) is 11.6 Å². The molecule has 2 aromatic rings. The highest BCUT2D eigenvalue weighted by Crippen LogP contribution is 2.19. The highest BCUT2D eigenvalue weighted by molar-refractivity contribution is 6.40. The molecule has 23 heavy (non-hydrogen) atoms. The molecule has 0 spiro atoms. The number of hydrogen-bond acceptors (Lipinski definition) is 3. The SMILES string of the molecule is Cc1ccc(C=NNC(=O)C(=O)Nc2cc(Cl)ccc2C)cc1. The van der Waals surface area contributed by atoms with E-state index in [-0.39, 0.29) is 0 Å². The lowest BCUT2D eigenvalue weighted by Crippen LogP contribution is -2.32. The molecule has 0 aliphatic carbocycles. The standard InChI is InChI=1S/C17H16ClN3O2/c1-11-3-6-13(7-4-11)10-19-21-17(23)16(22)20-15-9-14(18)8-5-12(15)2/h3-10H,1-2H3,(H,20,22)(H,21,23). The van der Waals surface area contributed by atoms with Crippen molar-refractivity contribution in [2.45, 2.75) is 13.8 Å². The first-order valence-electron chi connectivity index (χ1n) is 6.93. The van der Waals surface area contributed by atoms with Crippen LogP contribution in [0.1, 0.15) is 16.7 Å². The summed E-state index contributed by atoms with van der Waals surface area (Å²) in [5.41, 5.74) is 5.42. The molecule has 118 valence electrons. The molecule has 5 nitrogen and oxygen atoms in total. The van der Waals surface area contributed by atoms with Gasteiger partial charge < -0.3 is 5.32 Å². The van der Waals surface area contributed by atoms with Crippen LogP contribution in [-0.4, -0.2) is 18.0 Å². The Labute approximate surface area is 139 Å². The molecular weight excluding hydrogens is 314 g/mol. The number of benzene rings is 2. The number of hydrogen-bond donors (Lipinski definition) is 2. The van der Waals surface area contributed by atoms with Gasteiger partial charge in [-0.05, 0) is 37.1 Å². The Hall–Kier alpha value is -2.66. The monoisotopic (exact) mass is 329 g/mol. The molecular formula is C17H16ClN3O2. The van der Waals surface area contributed by atoms with Crippen LogP contribution in [0.4, 0.5) is 5.69 Å². The first-order valence-corrected chi connectivity index (χ1v) is 7.31. The van der Waals surface area contributed by atoms with E-state index < -0.39 is 11.8 Å². The predicted molar refractivity (Wildman–Crippen MR) is 91.7 cm³/mol. The quantitative estimate of drug-likeness (QED) is 0.516. The Balaban J connectivity index is 1.93. The fourth-order valence-electron chi connectivity index (χ4n) is 1.78. The molecule has 0 aliphatic rings. The van der Waals surface area contributed by atoms with Crippen LogP contribution in [0.2, 0.25) is 5.02 Å². The van der Waals surface area contributed by atoms with Crippen LogP contribution in [0.15, 0.2) is 47.6 Å². The van der Waals surface area contributed by atoms with Crippen molar-refractivity contribution in [3.8, 4) is 0 Å². The average Bonchev–Trinajstić information content (AvgIpc) is 2.52. The third-order valence-electron chi connectivity index (χ3n) is 3.11. The normalized spacial score (nSPS) is 10.6. The third kappa shape index (κ3) is 4.93. The molecule has 0 atom stereocenters. The third-order valence-corrected chi connectivity index (χ3v) is 3.35. The summed E-state index contributed by atoms with van der Waals surface area (Å²) in [4.78, 5) is 23.5. The lowest BCUT2D eigenvalue weighted by atomic mass is 10.2. The summed E-state index contributed by atoms with van der Waals surface area (Å²) in [7, 11) is 0. The zero-order valence-electron chi connectivity index (χ0n) is 12.8. The van der Waals surface area contributed by atoms with Crippen LogP contribution < -0.4 is 10.7 Å². The van der Waals surface area contributed by atoms with Gasteiger partial charge in [0.15, 0.2) is 0 Å². The van der Waals surface area contributed by atoms with Gasteiger partial charge in [0.25, 0.3) is 0 Å². The molecule has 2 aromatic carbocycles. The minimum absolute atomic E-state index is 0.476. The van der Waals surface area contributed by atoms with Crippen LogP contribution in [0.5, 0.6) is 0 Å². The molecule has 2 amide bonds. The van der Waals surface area contributed by atoms with Crippen LogP contribution in [-0.2, 0) is 9.59 Å². The smallest absolute Gasteiger partial charge is 0.317 e. The number of carbonyl (C=O) groups excluding carboxylic acids is 2. The van der Waals surface area contributed by atoms with Crippen molar-refractivity contribution in [3.05, 3.63) is 64.2 Å². The number of nitrogens with zero attached hydrogens (tertiary/aromatic N) is 1. The van der Waals surface area contributed by atoms with Gasteiger partial charge in [0, 0.05) is 10.7 Å². The number of anilines is 1. The maximum absolute atomic E-state index is 11.8. The fraction of sp³-hybridized carbons (Fsp3) is 0.118. The van der Waals surface area contributed by atoms with Gasteiger partial charge in [-0.2, -0.15) is 5.10 Å². The molecule has 0 fully saturated rings. The van der Waals surface area contributed by atoms with Crippen LogP contribution >= 0.6 is 11.6 Å². The van der Waals surface area contributed by atoms with E-state index in [1.165, 1.54) is 6.21 Å². The molecule has 0 heterocycles. The van der Waals surface area contributed by atoms with Crippen molar-refractivity contribution in [2.24, 2.45) is 5.10 Å². The van der Waals surface area contributed by atoms with Crippen LogP contribution in [0.25, 0.3) is 0 Å². The average molecular weight is 330 g/mol. The van der Waals surface area contributed by atoms with Gasteiger partial charge in [0.2, 0.25) is 0 Å². The number of halogens is 1. The minimum Gasteiger partial charge on any atom is -0.317 e. The summed E-state index contributed by atoms with van der Waals surface area (Å²) < 4.78 is 0. The van der Waals surface area contributed by atoms with Crippen molar-refractivity contribution in [3.63, 3.8) is 0 Å². The number of aryl methyl sites for hydroxylation is 2. The predicted octanol–water partition coefficient (Wildman–Crippen LogP) is 3.05. The summed E-state index contributed by atoms with van der Waals surface area (Å²) in [6, 6.07) is 12.6. The lowest BCUT2D eigenvalue weighted by Gasteiger charge is -2.07. The second-order valence-electron chi connectivity index (χ2n) is 5.02. The van der Waals surface area contributed by atoms with Crippen molar-refractivity contribution in [1.82, 2.24) is 5.43 Å². The van der Waals surface area contributed by atoms with Crippen molar-refractivity contribution in [2.75, 3.05) is 5.32 Å². The molecule has 0 radical (unpaired) electrons. The summed E-state index contributed by atoms with van der Waals surface area (Å²) in [5.74, 6) is -1.66. The molecule has 0 aliphatic heterocycles. The van der Waals surface area contributed by atoms with Gasteiger partial charge in [0.05, 0.1) is 6.21 Å². The highest BCUT2D eigenvalue weighted by Gasteiger charge is 2.14. The Morgan fingerprint density at radius 1 is 1.04 bits per heavy atom. The van der Waals surface area contributed by atoms with Crippen molar-refractivity contribution in [1.29, 1.82) is 0 Å². The first-order chi connectivity index (χ1) is 11.0. The largest absolute Gasteiger partial charge is 0.329 e. The summed E-state index contributed by atoms with van der Waals surface area (Å²) in [6.07, 6.45) is 1.47. The van der Waals surface area contributed by atoms with E-state index in [9.17, 15) is 9.59 Å². The summed E-state index contributed by atoms with van der Waals surface area (Å²) >= 11 is 5.87. The Morgan fingerprint density at radius 2 is 1.74 bits per heavy atom. The molecule has 0 saturated carbocycles. The van der Waals surface area contributed by atoms with E-state index in [2.05, 4.69) is 15.8 Å². The maximum atomic E-state index is 11.8. The van der Waals surface area contributed by atoms with E-state index in [1.807, 2.05) is 31.2 Å². The highest BCUT2D eigenvalue weighted by atomic mass is 35.5. The van der Waals surface area contributed by atoms with Gasteiger partial charge in [0.1, 0.15) is 0 Å². The number of hydrazone groups is 1. The number of amides is 2. The number of rotatable bonds is 3.